The molecule has 3 heteroatoms. The Morgan fingerprint density at radius 1 is 1.26 bits per heavy atom. The Kier molecular flexibility index (Phi) is 5.67. The van der Waals surface area contributed by atoms with Gasteiger partial charge in [-0.2, -0.15) is 0 Å². The highest BCUT2D eigenvalue weighted by molar-refractivity contribution is 5.35. The molecule has 1 fully saturated rings. The molecule has 1 aromatic carbocycles. The van der Waals surface area contributed by atoms with Crippen LogP contribution < -0.4 is 4.74 Å². The summed E-state index contributed by atoms with van der Waals surface area (Å²) in [7, 11) is 0. The molecule has 1 atom stereocenters. The molecule has 0 unspecified atom stereocenters. The molecule has 0 radical (unpaired) electrons. The van der Waals surface area contributed by atoms with Crippen molar-refractivity contribution in [3.63, 3.8) is 0 Å². The molecule has 0 aliphatic carbocycles. The summed E-state index contributed by atoms with van der Waals surface area (Å²) in [5.74, 6) is 1.60. The molecule has 0 N–H and O–H groups in total. The third-order valence-corrected chi connectivity index (χ3v) is 3.83. The van der Waals surface area contributed by atoms with Gasteiger partial charge in [0, 0.05) is 19.6 Å². The molecule has 1 aromatic rings. The number of ether oxygens (including phenoxy) is 2. The molecule has 0 aromatic heterocycles. The van der Waals surface area contributed by atoms with Gasteiger partial charge in [-0.1, -0.05) is 32.0 Å². The second-order valence-corrected chi connectivity index (χ2v) is 5.15. The second-order valence-electron chi connectivity index (χ2n) is 5.15. The molecule has 0 saturated carbocycles. The maximum Gasteiger partial charge on any atom is 0.122 e. The summed E-state index contributed by atoms with van der Waals surface area (Å²) in [6, 6.07) is 8.41. The maximum atomic E-state index is 5.98. The van der Waals surface area contributed by atoms with Crippen LogP contribution in [-0.2, 0) is 4.74 Å². The Labute approximate surface area is 116 Å². The molecule has 106 valence electrons. The SMILES string of the molecule is CC[C@@H](C)c1ccccc1OCCN1CCOCC1. The molecular formula is C16H25NO2. The summed E-state index contributed by atoms with van der Waals surface area (Å²) in [6.07, 6.45) is 1.14. The van der Waals surface area contributed by atoms with Crippen molar-refractivity contribution in [3.05, 3.63) is 29.8 Å². The monoisotopic (exact) mass is 263 g/mol. The van der Waals surface area contributed by atoms with Crippen molar-refractivity contribution < 1.29 is 9.47 Å². The largest absolute Gasteiger partial charge is 0.492 e. The first kappa shape index (κ1) is 14.4. The minimum absolute atomic E-state index is 0.555. The maximum absolute atomic E-state index is 5.98. The van der Waals surface area contributed by atoms with Crippen molar-refractivity contribution in [1.29, 1.82) is 0 Å². The molecule has 0 amide bonds. The van der Waals surface area contributed by atoms with E-state index in [1.165, 1.54) is 5.56 Å². The first-order valence-corrected chi connectivity index (χ1v) is 7.33. The number of morpholine rings is 1. The number of hydrogen-bond donors (Lipinski definition) is 0. The highest BCUT2D eigenvalue weighted by Gasteiger charge is 2.12. The van der Waals surface area contributed by atoms with Crippen LogP contribution in [0.1, 0.15) is 31.7 Å². The van der Waals surface area contributed by atoms with Crippen molar-refractivity contribution >= 4 is 0 Å². The molecule has 1 saturated heterocycles. The summed E-state index contributed by atoms with van der Waals surface area (Å²) < 4.78 is 11.3. The van der Waals surface area contributed by atoms with Gasteiger partial charge in [0.15, 0.2) is 0 Å². The van der Waals surface area contributed by atoms with Gasteiger partial charge in [0.2, 0.25) is 0 Å². The highest BCUT2D eigenvalue weighted by Crippen LogP contribution is 2.28. The number of hydrogen-bond acceptors (Lipinski definition) is 3. The van der Waals surface area contributed by atoms with E-state index in [1.54, 1.807) is 0 Å². The van der Waals surface area contributed by atoms with Crippen molar-refractivity contribution in [3.8, 4) is 5.75 Å². The molecule has 3 nitrogen and oxygen atoms in total. The Morgan fingerprint density at radius 3 is 2.74 bits per heavy atom. The fourth-order valence-electron chi connectivity index (χ4n) is 2.35. The fourth-order valence-corrected chi connectivity index (χ4v) is 2.35. The van der Waals surface area contributed by atoms with E-state index in [4.69, 9.17) is 9.47 Å². The van der Waals surface area contributed by atoms with E-state index < -0.39 is 0 Å². The van der Waals surface area contributed by atoms with E-state index in [-0.39, 0.29) is 0 Å². The average Bonchev–Trinajstić information content (AvgIpc) is 2.48. The number of benzene rings is 1. The van der Waals surface area contributed by atoms with Gasteiger partial charge in [0.25, 0.3) is 0 Å². The van der Waals surface area contributed by atoms with E-state index in [0.29, 0.717) is 5.92 Å². The van der Waals surface area contributed by atoms with Crippen molar-refractivity contribution in [2.24, 2.45) is 0 Å². The van der Waals surface area contributed by atoms with Crippen molar-refractivity contribution in [2.45, 2.75) is 26.2 Å². The summed E-state index contributed by atoms with van der Waals surface area (Å²) in [4.78, 5) is 2.40. The van der Waals surface area contributed by atoms with Gasteiger partial charge in [0.05, 0.1) is 13.2 Å². The van der Waals surface area contributed by atoms with E-state index >= 15 is 0 Å². The molecular weight excluding hydrogens is 238 g/mol. The lowest BCUT2D eigenvalue weighted by molar-refractivity contribution is 0.0322. The van der Waals surface area contributed by atoms with E-state index in [0.717, 1.165) is 51.6 Å². The predicted octanol–water partition coefficient (Wildman–Crippen LogP) is 2.91. The van der Waals surface area contributed by atoms with Crippen LogP contribution in [0.15, 0.2) is 24.3 Å². The summed E-state index contributed by atoms with van der Waals surface area (Å²) in [6.45, 7) is 9.96. The van der Waals surface area contributed by atoms with Crippen LogP contribution in [0.3, 0.4) is 0 Å². The van der Waals surface area contributed by atoms with Crippen LogP contribution in [0.2, 0.25) is 0 Å². The zero-order chi connectivity index (χ0) is 13.5. The number of nitrogens with zero attached hydrogens (tertiary/aromatic N) is 1. The summed E-state index contributed by atoms with van der Waals surface area (Å²) >= 11 is 0. The molecule has 1 heterocycles. The third-order valence-electron chi connectivity index (χ3n) is 3.83. The van der Waals surface area contributed by atoms with Gasteiger partial charge < -0.3 is 9.47 Å². The van der Waals surface area contributed by atoms with E-state index in [1.807, 2.05) is 0 Å². The molecule has 2 rings (SSSR count). The molecule has 0 bridgehead atoms. The van der Waals surface area contributed by atoms with Gasteiger partial charge in [-0.25, -0.2) is 0 Å². The van der Waals surface area contributed by atoms with E-state index in [9.17, 15) is 0 Å². The molecule has 0 spiro atoms. The van der Waals surface area contributed by atoms with Gasteiger partial charge in [-0.3, -0.25) is 4.90 Å². The number of rotatable bonds is 6. The minimum Gasteiger partial charge on any atom is -0.492 e. The quantitative estimate of drug-likeness (QED) is 0.787. The van der Waals surface area contributed by atoms with Crippen LogP contribution in [0.25, 0.3) is 0 Å². The zero-order valence-electron chi connectivity index (χ0n) is 12.1. The minimum atomic E-state index is 0.555. The van der Waals surface area contributed by atoms with Crippen LogP contribution in [0, 0.1) is 0 Å². The normalized spacial score (nSPS) is 18.2. The first-order chi connectivity index (χ1) is 9.31. The lowest BCUT2D eigenvalue weighted by Gasteiger charge is -2.26. The Hall–Kier alpha value is -1.06. The van der Waals surface area contributed by atoms with Crippen LogP contribution in [-0.4, -0.2) is 44.4 Å². The van der Waals surface area contributed by atoms with Crippen molar-refractivity contribution in [2.75, 3.05) is 39.5 Å². The van der Waals surface area contributed by atoms with Gasteiger partial charge in [0.1, 0.15) is 12.4 Å². The predicted molar refractivity (Wildman–Crippen MR) is 77.9 cm³/mol. The smallest absolute Gasteiger partial charge is 0.122 e. The highest BCUT2D eigenvalue weighted by atomic mass is 16.5. The Balaban J connectivity index is 1.84. The first-order valence-electron chi connectivity index (χ1n) is 7.33. The van der Waals surface area contributed by atoms with Crippen LogP contribution in [0.5, 0.6) is 5.75 Å². The molecule has 1 aliphatic rings. The van der Waals surface area contributed by atoms with Gasteiger partial charge >= 0.3 is 0 Å². The molecule has 1 aliphatic heterocycles. The standard InChI is InChI=1S/C16H25NO2/c1-3-14(2)15-6-4-5-7-16(15)19-13-10-17-8-11-18-12-9-17/h4-7,14H,3,8-13H2,1-2H3/t14-/m1/s1. The van der Waals surface area contributed by atoms with E-state index in [2.05, 4.69) is 43.0 Å². The van der Waals surface area contributed by atoms with Gasteiger partial charge in [-0.15, -0.1) is 0 Å². The second kappa shape index (κ2) is 7.51. The molecule has 19 heavy (non-hydrogen) atoms. The Bertz CT molecular complexity index is 375. The van der Waals surface area contributed by atoms with Gasteiger partial charge in [-0.05, 0) is 24.0 Å². The third kappa shape index (κ3) is 4.22. The lowest BCUT2D eigenvalue weighted by Crippen LogP contribution is -2.38. The number of para-hydroxylation sites is 1. The summed E-state index contributed by atoms with van der Waals surface area (Å²) in [5, 5.41) is 0. The van der Waals surface area contributed by atoms with Crippen LogP contribution >= 0.6 is 0 Å². The fraction of sp³-hybridized carbons (Fsp3) is 0.625. The van der Waals surface area contributed by atoms with Crippen molar-refractivity contribution in [1.82, 2.24) is 4.90 Å². The summed E-state index contributed by atoms with van der Waals surface area (Å²) in [5.41, 5.74) is 1.33. The average molecular weight is 263 g/mol. The zero-order valence-corrected chi connectivity index (χ0v) is 12.1. The Morgan fingerprint density at radius 2 is 2.00 bits per heavy atom. The lowest BCUT2D eigenvalue weighted by atomic mass is 9.98. The topological polar surface area (TPSA) is 21.7 Å². The van der Waals surface area contributed by atoms with Crippen LogP contribution in [0.4, 0.5) is 0 Å².